The molecule has 2 fully saturated rings. The monoisotopic (exact) mass is 354 g/mol. The van der Waals surface area contributed by atoms with E-state index in [1.165, 1.54) is 0 Å². The summed E-state index contributed by atoms with van der Waals surface area (Å²) >= 11 is 0. The largest absolute Gasteiger partial charge is 0.387 e. The van der Waals surface area contributed by atoms with Crippen molar-refractivity contribution in [2.24, 2.45) is 23.7 Å². The summed E-state index contributed by atoms with van der Waals surface area (Å²) in [5.41, 5.74) is 1.80. The van der Waals surface area contributed by atoms with Gasteiger partial charge in [-0.25, -0.2) is 0 Å². The summed E-state index contributed by atoms with van der Waals surface area (Å²) in [6, 6.07) is 7.40. The molecular formula is C20H22N2O4. The molecule has 2 bridgehead atoms. The van der Waals surface area contributed by atoms with Crippen molar-refractivity contribution in [3.63, 3.8) is 0 Å². The number of hydrogen-bond donors (Lipinski definition) is 2. The van der Waals surface area contributed by atoms with Gasteiger partial charge in [-0.3, -0.25) is 19.3 Å². The van der Waals surface area contributed by atoms with Crippen LogP contribution in [0.15, 0.2) is 36.4 Å². The minimum atomic E-state index is -0.830. The predicted octanol–water partition coefficient (Wildman–Crippen LogP) is 0.952. The van der Waals surface area contributed by atoms with Crippen molar-refractivity contribution < 1.29 is 19.5 Å². The number of aliphatic hydroxyl groups is 1. The van der Waals surface area contributed by atoms with E-state index in [1.54, 1.807) is 0 Å². The van der Waals surface area contributed by atoms with Crippen molar-refractivity contribution in [1.82, 2.24) is 10.2 Å². The van der Waals surface area contributed by atoms with Crippen LogP contribution >= 0.6 is 0 Å². The summed E-state index contributed by atoms with van der Waals surface area (Å²) in [5, 5.41) is 12.8. The molecule has 1 aromatic rings. The minimum Gasteiger partial charge on any atom is -0.387 e. The zero-order valence-corrected chi connectivity index (χ0v) is 14.6. The van der Waals surface area contributed by atoms with Gasteiger partial charge < -0.3 is 10.4 Å². The summed E-state index contributed by atoms with van der Waals surface area (Å²) < 4.78 is 0. The van der Waals surface area contributed by atoms with Crippen LogP contribution in [0.3, 0.4) is 0 Å². The molecule has 1 saturated carbocycles. The van der Waals surface area contributed by atoms with E-state index < -0.39 is 12.0 Å². The maximum Gasteiger partial charge on any atom is 0.240 e. The standard InChI is InChI=1S/C20H22N2O4/c1-11-2-4-12(5-3-11)15(23)9-21-16(24)10-22-19(25)17-13-6-7-14(8-13)18(17)20(22)26/h2-7,13-15,17-18,23H,8-10H2,1H3,(H,21,24)/t13-,14-,15-,17-,18+/m0/s1. The maximum atomic E-state index is 12.6. The maximum absolute atomic E-state index is 12.6. The average Bonchev–Trinajstić information content (AvgIpc) is 3.30. The summed E-state index contributed by atoms with van der Waals surface area (Å²) in [4.78, 5) is 38.4. The Bertz CT molecular complexity index is 756. The van der Waals surface area contributed by atoms with Crippen molar-refractivity contribution in [2.75, 3.05) is 13.1 Å². The normalized spacial score (nSPS) is 30.0. The van der Waals surface area contributed by atoms with Gasteiger partial charge in [0, 0.05) is 6.54 Å². The number of carbonyl (C=O) groups excluding carboxylic acids is 3. The molecule has 1 aromatic carbocycles. The number of benzene rings is 1. The van der Waals surface area contributed by atoms with Crippen molar-refractivity contribution in [3.8, 4) is 0 Å². The fraction of sp³-hybridized carbons (Fsp3) is 0.450. The number of imide groups is 1. The minimum absolute atomic E-state index is 0.0395. The van der Waals surface area contributed by atoms with Crippen LogP contribution in [0.25, 0.3) is 0 Å². The zero-order valence-electron chi connectivity index (χ0n) is 14.6. The second-order valence-corrected chi connectivity index (χ2v) is 7.49. The Morgan fingerprint density at radius 3 is 2.31 bits per heavy atom. The molecule has 2 N–H and O–H groups in total. The molecule has 3 aliphatic rings. The smallest absolute Gasteiger partial charge is 0.240 e. The van der Waals surface area contributed by atoms with E-state index in [4.69, 9.17) is 0 Å². The highest BCUT2D eigenvalue weighted by molar-refractivity contribution is 6.08. The van der Waals surface area contributed by atoms with Crippen LogP contribution < -0.4 is 5.32 Å². The molecule has 1 saturated heterocycles. The highest BCUT2D eigenvalue weighted by atomic mass is 16.3. The van der Waals surface area contributed by atoms with Gasteiger partial charge in [0.05, 0.1) is 17.9 Å². The average molecular weight is 354 g/mol. The van der Waals surface area contributed by atoms with E-state index in [9.17, 15) is 19.5 Å². The predicted molar refractivity (Wildman–Crippen MR) is 93.6 cm³/mol. The molecule has 3 amide bonds. The van der Waals surface area contributed by atoms with Crippen LogP contribution in [0.2, 0.25) is 0 Å². The Hall–Kier alpha value is -2.47. The molecule has 5 atom stereocenters. The molecule has 6 heteroatoms. The van der Waals surface area contributed by atoms with Gasteiger partial charge in [-0.15, -0.1) is 0 Å². The number of nitrogens with zero attached hydrogens (tertiary/aromatic N) is 1. The first kappa shape index (κ1) is 17.0. The van der Waals surface area contributed by atoms with Gasteiger partial charge in [-0.1, -0.05) is 42.0 Å². The Morgan fingerprint density at radius 1 is 1.15 bits per heavy atom. The number of allylic oxidation sites excluding steroid dienone is 2. The highest BCUT2D eigenvalue weighted by Crippen LogP contribution is 2.52. The fourth-order valence-electron chi connectivity index (χ4n) is 4.44. The van der Waals surface area contributed by atoms with Crippen LogP contribution in [-0.2, 0) is 14.4 Å². The van der Waals surface area contributed by atoms with Crippen LogP contribution in [-0.4, -0.2) is 40.8 Å². The second kappa shape index (κ2) is 6.36. The number of fused-ring (bicyclic) bond motifs is 5. The summed E-state index contributed by atoms with van der Waals surface area (Å²) in [7, 11) is 0. The van der Waals surface area contributed by atoms with Gasteiger partial charge >= 0.3 is 0 Å². The molecule has 0 spiro atoms. The van der Waals surface area contributed by atoms with Crippen molar-refractivity contribution >= 4 is 17.7 Å². The molecule has 0 radical (unpaired) electrons. The second-order valence-electron chi connectivity index (χ2n) is 7.49. The van der Waals surface area contributed by atoms with Crippen molar-refractivity contribution in [2.45, 2.75) is 19.4 Å². The molecule has 0 aromatic heterocycles. The van der Waals surface area contributed by atoms with Crippen molar-refractivity contribution in [1.29, 1.82) is 0 Å². The number of amides is 3. The lowest BCUT2D eigenvalue weighted by atomic mass is 9.85. The Balaban J connectivity index is 1.33. The first-order valence-corrected chi connectivity index (χ1v) is 9.00. The van der Waals surface area contributed by atoms with Gasteiger partial charge in [0.25, 0.3) is 0 Å². The molecule has 2 aliphatic carbocycles. The topological polar surface area (TPSA) is 86.7 Å². The lowest BCUT2D eigenvalue weighted by Gasteiger charge is -2.18. The number of rotatable bonds is 5. The molecule has 26 heavy (non-hydrogen) atoms. The Labute approximate surface area is 151 Å². The van der Waals surface area contributed by atoms with E-state index in [0.29, 0.717) is 5.56 Å². The molecule has 4 rings (SSSR count). The zero-order chi connectivity index (χ0) is 18.4. The molecule has 136 valence electrons. The van der Waals surface area contributed by atoms with Crippen LogP contribution in [0.5, 0.6) is 0 Å². The molecule has 6 nitrogen and oxygen atoms in total. The quantitative estimate of drug-likeness (QED) is 0.609. The van der Waals surface area contributed by atoms with Gasteiger partial charge in [0.15, 0.2) is 0 Å². The van der Waals surface area contributed by atoms with Crippen LogP contribution in [0.1, 0.15) is 23.7 Å². The van der Waals surface area contributed by atoms with Gasteiger partial charge in [0.1, 0.15) is 6.54 Å². The number of aliphatic hydroxyl groups excluding tert-OH is 1. The first-order valence-electron chi connectivity index (χ1n) is 9.00. The molecule has 0 unspecified atom stereocenters. The highest BCUT2D eigenvalue weighted by Gasteiger charge is 2.59. The van der Waals surface area contributed by atoms with E-state index in [2.05, 4.69) is 5.32 Å². The van der Waals surface area contributed by atoms with Gasteiger partial charge in [0.2, 0.25) is 17.7 Å². The Morgan fingerprint density at radius 2 is 1.73 bits per heavy atom. The molecule has 1 heterocycles. The number of likely N-dealkylation sites (tertiary alicyclic amines) is 1. The number of carbonyl (C=O) groups is 3. The third-order valence-corrected chi connectivity index (χ3v) is 5.82. The third kappa shape index (κ3) is 2.74. The van der Waals surface area contributed by atoms with E-state index in [1.807, 2.05) is 43.3 Å². The van der Waals surface area contributed by atoms with E-state index in [0.717, 1.165) is 16.9 Å². The Kier molecular flexibility index (Phi) is 4.15. The van der Waals surface area contributed by atoms with E-state index >= 15 is 0 Å². The fourth-order valence-corrected chi connectivity index (χ4v) is 4.44. The molecular weight excluding hydrogens is 332 g/mol. The summed E-state index contributed by atoms with van der Waals surface area (Å²) in [6.07, 6.45) is 4.09. The first-order chi connectivity index (χ1) is 12.5. The molecule has 1 aliphatic heterocycles. The van der Waals surface area contributed by atoms with Gasteiger partial charge in [-0.2, -0.15) is 0 Å². The SMILES string of the molecule is Cc1ccc([C@@H](O)CNC(=O)CN2C(=O)[C@@H]3[C@H](C2=O)[C@H]2C=C[C@H]3C2)cc1. The lowest BCUT2D eigenvalue weighted by molar-refractivity contribution is -0.144. The number of aryl methyl sites for hydroxylation is 1. The summed E-state index contributed by atoms with van der Waals surface area (Å²) in [5.74, 6) is -1.20. The van der Waals surface area contributed by atoms with Gasteiger partial charge in [-0.05, 0) is 30.7 Å². The van der Waals surface area contributed by atoms with Crippen molar-refractivity contribution in [3.05, 3.63) is 47.5 Å². The lowest BCUT2D eigenvalue weighted by Crippen LogP contribution is -2.42. The van der Waals surface area contributed by atoms with E-state index in [-0.39, 0.29) is 48.6 Å². The van der Waals surface area contributed by atoms with Crippen LogP contribution in [0.4, 0.5) is 0 Å². The number of nitrogens with one attached hydrogen (secondary N) is 1. The summed E-state index contributed by atoms with van der Waals surface area (Å²) in [6.45, 7) is 1.72. The number of hydrogen-bond acceptors (Lipinski definition) is 4. The third-order valence-electron chi connectivity index (χ3n) is 5.82. The van der Waals surface area contributed by atoms with Crippen LogP contribution in [0, 0.1) is 30.6 Å².